The van der Waals surface area contributed by atoms with Crippen LogP contribution in [0, 0.1) is 18.8 Å². The number of nitrogens with zero attached hydrogens (tertiary/aromatic N) is 3. The predicted molar refractivity (Wildman–Crippen MR) is 186 cm³/mol. The molecule has 3 aromatic carbocycles. The molecule has 1 aliphatic carbocycles. The van der Waals surface area contributed by atoms with E-state index in [2.05, 4.69) is 18.8 Å². The molecule has 256 valence electrons. The smallest absolute Gasteiger partial charge is 0.320 e. The fraction of sp³-hybridized carbons (Fsp3) is 0.450. The number of piperidine rings is 1. The maximum absolute atomic E-state index is 13.9. The molecule has 8 heteroatoms. The van der Waals surface area contributed by atoms with E-state index in [0.29, 0.717) is 53.9 Å². The van der Waals surface area contributed by atoms with Crippen LogP contribution in [0.15, 0.2) is 72.8 Å². The van der Waals surface area contributed by atoms with Crippen molar-refractivity contribution in [1.82, 2.24) is 14.5 Å². The molecular formula is C40H47F4N3O. The minimum absolute atomic E-state index is 0.0543. The number of fused-ring (bicyclic) bond motifs is 1. The summed E-state index contributed by atoms with van der Waals surface area (Å²) < 4.78 is 56.7. The highest BCUT2D eigenvalue weighted by atomic mass is 19.3. The summed E-state index contributed by atoms with van der Waals surface area (Å²) in [5.41, 5.74) is 4.64. The largest absolute Gasteiger partial charge is 0.339 e. The van der Waals surface area contributed by atoms with Crippen LogP contribution in [0.1, 0.15) is 117 Å². The van der Waals surface area contributed by atoms with Crippen LogP contribution in [0.2, 0.25) is 0 Å². The molecule has 2 heterocycles. The summed E-state index contributed by atoms with van der Waals surface area (Å²) in [6.45, 7) is 7.47. The lowest BCUT2D eigenvalue weighted by Gasteiger charge is -2.32. The molecule has 4 nitrogen and oxygen atoms in total. The predicted octanol–water partition coefficient (Wildman–Crippen LogP) is 11.2. The summed E-state index contributed by atoms with van der Waals surface area (Å²) in [5, 5.41) is 0. The molecule has 2 fully saturated rings. The molecule has 2 aliphatic rings. The van der Waals surface area contributed by atoms with Gasteiger partial charge in [-0.25, -0.2) is 13.8 Å². The van der Waals surface area contributed by atoms with Crippen LogP contribution in [-0.2, 0) is 5.92 Å². The van der Waals surface area contributed by atoms with Gasteiger partial charge in [-0.2, -0.15) is 8.78 Å². The Kier molecular flexibility index (Phi) is 11.1. The zero-order valence-corrected chi connectivity index (χ0v) is 28.7. The van der Waals surface area contributed by atoms with Crippen molar-refractivity contribution in [3.8, 4) is 0 Å². The number of carbonyl (C=O) groups excluding carboxylic acids is 1. The van der Waals surface area contributed by atoms with E-state index in [1.165, 1.54) is 37.8 Å². The maximum Gasteiger partial charge on any atom is 0.320 e. The van der Waals surface area contributed by atoms with Gasteiger partial charge in [0.25, 0.3) is 11.8 Å². The van der Waals surface area contributed by atoms with Crippen LogP contribution in [0.25, 0.3) is 16.6 Å². The Labute approximate surface area is 281 Å². The van der Waals surface area contributed by atoms with Crippen LogP contribution >= 0.6 is 0 Å². The van der Waals surface area contributed by atoms with Crippen LogP contribution in [0.3, 0.4) is 0 Å². The lowest BCUT2D eigenvalue weighted by atomic mass is 9.91. The molecule has 1 atom stereocenters. The quantitative estimate of drug-likeness (QED) is 0.167. The molecule has 1 aliphatic heterocycles. The summed E-state index contributed by atoms with van der Waals surface area (Å²) in [5.74, 6) is -0.748. The van der Waals surface area contributed by atoms with Crippen molar-refractivity contribution in [2.24, 2.45) is 11.8 Å². The highest BCUT2D eigenvalue weighted by Gasteiger charge is 2.30. The molecule has 1 unspecified atom stereocenters. The van der Waals surface area contributed by atoms with Crippen LogP contribution < -0.4 is 0 Å². The summed E-state index contributed by atoms with van der Waals surface area (Å²) in [6.07, 6.45) is 8.87. The van der Waals surface area contributed by atoms with Gasteiger partial charge in [0.05, 0.1) is 11.0 Å². The standard InChI is InChI=1S/C32H31F4N3O.C8H16/c1-4-25(22-8-7-9-24(19-22)32(3,35)36)26-13-12-23(18-20(26)2)30(40)38-16-14-21(15-17-38)29-37-27-10-5-6-11-28(27)39(29)31(33)34;1-3-7(2)6-8-4-5-8/h4-13,18-19,21,31H,14-17H2,1-3H3;7-8H,3-6H2,1-2H3/b25-4-;. The van der Waals surface area contributed by atoms with Gasteiger partial charge < -0.3 is 4.90 Å². The number of carbonyl (C=O) groups is 1. The van der Waals surface area contributed by atoms with Crippen molar-refractivity contribution < 1.29 is 22.4 Å². The fourth-order valence-corrected chi connectivity index (χ4v) is 6.71. The number of halogens is 4. The Morgan fingerprint density at radius 3 is 2.29 bits per heavy atom. The van der Waals surface area contributed by atoms with Crippen molar-refractivity contribution in [2.75, 3.05) is 13.1 Å². The number of hydrogen-bond acceptors (Lipinski definition) is 2. The lowest BCUT2D eigenvalue weighted by molar-refractivity contribution is 0.0174. The molecule has 48 heavy (non-hydrogen) atoms. The number of alkyl halides is 4. The van der Waals surface area contributed by atoms with Gasteiger partial charge in [-0.3, -0.25) is 9.36 Å². The van der Waals surface area contributed by atoms with Crippen molar-refractivity contribution in [1.29, 1.82) is 0 Å². The van der Waals surface area contributed by atoms with Gasteiger partial charge in [-0.05, 0) is 97.5 Å². The summed E-state index contributed by atoms with van der Waals surface area (Å²) in [4.78, 5) is 19.6. The Morgan fingerprint density at radius 1 is 0.979 bits per heavy atom. The summed E-state index contributed by atoms with van der Waals surface area (Å²) in [7, 11) is 0. The molecule has 1 saturated heterocycles. The number of imidazole rings is 1. The van der Waals surface area contributed by atoms with Crippen molar-refractivity contribution in [3.63, 3.8) is 0 Å². The van der Waals surface area contributed by atoms with Crippen LogP contribution in [-0.4, -0.2) is 33.4 Å². The second-order valence-corrected chi connectivity index (χ2v) is 13.6. The number of likely N-dealkylation sites (tertiary alicyclic amines) is 1. The molecule has 0 N–H and O–H groups in total. The zero-order chi connectivity index (χ0) is 34.6. The number of rotatable bonds is 9. The first-order valence-electron chi connectivity index (χ1n) is 17.2. The molecule has 1 saturated carbocycles. The van der Waals surface area contributed by atoms with Crippen LogP contribution in [0.4, 0.5) is 17.6 Å². The van der Waals surface area contributed by atoms with Crippen molar-refractivity contribution >= 4 is 22.5 Å². The first-order valence-corrected chi connectivity index (χ1v) is 17.2. The topological polar surface area (TPSA) is 38.1 Å². The molecule has 1 aromatic heterocycles. The fourth-order valence-electron chi connectivity index (χ4n) is 6.71. The normalized spacial score (nSPS) is 16.6. The summed E-state index contributed by atoms with van der Waals surface area (Å²) >= 11 is 0. The minimum Gasteiger partial charge on any atom is -0.339 e. The number of para-hydroxylation sites is 2. The highest BCUT2D eigenvalue weighted by Crippen LogP contribution is 2.37. The Morgan fingerprint density at radius 2 is 1.69 bits per heavy atom. The minimum atomic E-state index is -2.94. The summed E-state index contributed by atoms with van der Waals surface area (Å²) in [6, 6.07) is 18.7. The van der Waals surface area contributed by atoms with E-state index >= 15 is 0 Å². The average molecular weight is 662 g/mol. The van der Waals surface area contributed by atoms with Gasteiger partial charge in [0, 0.05) is 37.1 Å². The average Bonchev–Trinajstić information content (AvgIpc) is 3.80. The van der Waals surface area contributed by atoms with Gasteiger partial charge in [0.15, 0.2) is 0 Å². The molecule has 4 aromatic rings. The maximum atomic E-state index is 13.9. The van der Waals surface area contributed by atoms with E-state index in [4.69, 9.17) is 0 Å². The Hall–Kier alpha value is -3.94. The number of benzene rings is 3. The second kappa shape index (κ2) is 15.1. The highest BCUT2D eigenvalue weighted by molar-refractivity contribution is 5.95. The van der Waals surface area contributed by atoms with E-state index in [9.17, 15) is 22.4 Å². The first-order chi connectivity index (χ1) is 22.9. The van der Waals surface area contributed by atoms with Gasteiger partial charge >= 0.3 is 6.55 Å². The molecule has 0 bridgehead atoms. The van der Waals surface area contributed by atoms with E-state index < -0.39 is 12.5 Å². The van der Waals surface area contributed by atoms with Crippen LogP contribution in [0.5, 0.6) is 0 Å². The van der Waals surface area contributed by atoms with E-state index in [1.807, 2.05) is 32.1 Å². The van der Waals surface area contributed by atoms with Crippen molar-refractivity contribution in [2.45, 2.75) is 91.5 Å². The third kappa shape index (κ3) is 8.19. The molecule has 1 amide bonds. The number of aryl methyl sites for hydroxylation is 1. The van der Waals surface area contributed by atoms with Gasteiger partial charge in [0.2, 0.25) is 0 Å². The third-order valence-corrected chi connectivity index (χ3v) is 9.83. The van der Waals surface area contributed by atoms with Crippen molar-refractivity contribution in [3.05, 3.63) is 106 Å². The Bertz CT molecular complexity index is 1740. The zero-order valence-electron chi connectivity index (χ0n) is 28.7. The molecular weight excluding hydrogens is 614 g/mol. The number of hydrogen-bond donors (Lipinski definition) is 0. The SMILES string of the molecule is C/C=C(/c1cccc(C(C)(F)F)c1)c1ccc(C(=O)N2CCC(c3nc4ccccc4n3C(F)F)CC2)cc1C.CCC(C)CC1CC1. The number of allylic oxidation sites excluding steroid dienone is 1. The van der Waals surface area contributed by atoms with E-state index in [-0.39, 0.29) is 17.4 Å². The first kappa shape index (κ1) is 35.4. The van der Waals surface area contributed by atoms with Gasteiger partial charge in [-0.15, -0.1) is 0 Å². The van der Waals surface area contributed by atoms with Gasteiger partial charge in [0.1, 0.15) is 5.82 Å². The number of amides is 1. The monoisotopic (exact) mass is 661 g/mol. The van der Waals surface area contributed by atoms with E-state index in [0.717, 1.165) is 40.0 Å². The molecule has 0 radical (unpaired) electrons. The lowest BCUT2D eigenvalue weighted by Crippen LogP contribution is -2.38. The molecule has 0 spiro atoms. The van der Waals surface area contributed by atoms with Gasteiger partial charge in [-0.1, -0.05) is 75.6 Å². The second-order valence-electron chi connectivity index (χ2n) is 13.6. The van der Waals surface area contributed by atoms with E-state index in [1.54, 1.807) is 47.4 Å². The third-order valence-electron chi connectivity index (χ3n) is 9.83. The number of aromatic nitrogens is 2. The molecule has 6 rings (SSSR count). The Balaban J connectivity index is 0.000000494.